The molecule has 2 unspecified atom stereocenters. The van der Waals surface area contributed by atoms with E-state index in [0.717, 1.165) is 5.02 Å². The van der Waals surface area contributed by atoms with E-state index in [1.165, 1.54) is 35.1 Å². The van der Waals surface area contributed by atoms with Crippen LogP contribution in [-0.2, 0) is 0 Å². The van der Waals surface area contributed by atoms with E-state index in [4.69, 9.17) is 11.6 Å². The van der Waals surface area contributed by atoms with Gasteiger partial charge in [0.25, 0.3) is 0 Å². The Morgan fingerprint density at radius 3 is 2.29 bits per heavy atom. The van der Waals surface area contributed by atoms with Gasteiger partial charge in [-0.3, -0.25) is 0 Å². The third kappa shape index (κ3) is 3.32. The molecule has 2 aromatic carbocycles. The zero-order chi connectivity index (χ0) is 15.4. The average molecular weight is 301 g/mol. The van der Waals surface area contributed by atoms with Gasteiger partial charge in [-0.1, -0.05) is 68.8 Å². The zero-order valence-electron chi connectivity index (χ0n) is 13.5. The van der Waals surface area contributed by atoms with Crippen LogP contribution in [0.25, 0.3) is 0 Å². The highest BCUT2D eigenvalue weighted by Crippen LogP contribution is 2.42. The number of hydrogen-bond acceptors (Lipinski definition) is 0. The molecular formula is C20H25Cl. The van der Waals surface area contributed by atoms with Gasteiger partial charge in [0.1, 0.15) is 0 Å². The Labute approximate surface area is 134 Å². The lowest BCUT2D eigenvalue weighted by Crippen LogP contribution is -2.13. The van der Waals surface area contributed by atoms with Gasteiger partial charge in [-0.15, -0.1) is 0 Å². The van der Waals surface area contributed by atoms with Gasteiger partial charge in [0, 0.05) is 10.9 Å². The third-order valence-corrected chi connectivity index (χ3v) is 4.80. The first-order valence-corrected chi connectivity index (χ1v) is 8.39. The second-order valence-electron chi connectivity index (χ2n) is 5.67. The monoisotopic (exact) mass is 300 g/mol. The van der Waals surface area contributed by atoms with Crippen molar-refractivity contribution in [2.75, 3.05) is 0 Å². The maximum atomic E-state index is 6.14. The molecule has 0 aromatic heterocycles. The molecule has 0 fully saturated rings. The van der Waals surface area contributed by atoms with Crippen molar-refractivity contribution in [2.45, 2.75) is 52.4 Å². The predicted octanol–water partition coefficient (Wildman–Crippen LogP) is 6.70. The minimum Gasteiger partial charge on any atom is -0.0841 e. The molecule has 3 rings (SSSR count). The third-order valence-electron chi connectivity index (χ3n) is 4.38. The van der Waals surface area contributed by atoms with Crippen molar-refractivity contribution < 1.29 is 0 Å². The van der Waals surface area contributed by atoms with Gasteiger partial charge in [0.15, 0.2) is 0 Å². The minimum absolute atomic E-state index is 0.531. The Kier molecular flexibility index (Phi) is 5.47. The largest absolute Gasteiger partial charge is 0.0841 e. The van der Waals surface area contributed by atoms with Gasteiger partial charge in [-0.25, -0.2) is 0 Å². The van der Waals surface area contributed by atoms with Crippen molar-refractivity contribution >= 4 is 11.6 Å². The Balaban J connectivity index is 0.000000774. The Morgan fingerprint density at radius 1 is 0.952 bits per heavy atom. The van der Waals surface area contributed by atoms with Crippen LogP contribution in [0.15, 0.2) is 42.5 Å². The van der Waals surface area contributed by atoms with E-state index in [1.54, 1.807) is 0 Å². The SMILES string of the molecule is CC.Cc1cc(C2CCC(C)c3ccccc32)ccc1Cl. The molecule has 0 heterocycles. The first-order valence-electron chi connectivity index (χ1n) is 8.01. The van der Waals surface area contributed by atoms with Crippen molar-refractivity contribution in [2.24, 2.45) is 0 Å². The molecule has 0 aliphatic heterocycles. The molecule has 0 nitrogen and oxygen atoms in total. The van der Waals surface area contributed by atoms with Crippen LogP contribution in [0, 0.1) is 6.92 Å². The lowest BCUT2D eigenvalue weighted by atomic mass is 9.74. The van der Waals surface area contributed by atoms with Crippen LogP contribution < -0.4 is 0 Å². The van der Waals surface area contributed by atoms with E-state index in [1.807, 2.05) is 19.9 Å². The summed E-state index contributed by atoms with van der Waals surface area (Å²) in [7, 11) is 0. The second-order valence-corrected chi connectivity index (χ2v) is 6.08. The fourth-order valence-corrected chi connectivity index (χ4v) is 3.35. The second kappa shape index (κ2) is 7.13. The van der Waals surface area contributed by atoms with E-state index in [2.05, 4.69) is 50.2 Å². The number of benzene rings is 2. The molecule has 0 amide bonds. The topological polar surface area (TPSA) is 0 Å². The molecule has 0 N–H and O–H groups in total. The van der Waals surface area contributed by atoms with Crippen LogP contribution >= 0.6 is 11.6 Å². The van der Waals surface area contributed by atoms with Gasteiger partial charge in [0.2, 0.25) is 0 Å². The first-order chi connectivity index (χ1) is 10.2. The number of halogens is 1. The summed E-state index contributed by atoms with van der Waals surface area (Å²) in [4.78, 5) is 0. The van der Waals surface area contributed by atoms with Crippen LogP contribution in [0.1, 0.15) is 67.7 Å². The quantitative estimate of drug-likeness (QED) is 0.549. The molecule has 2 aromatic rings. The molecule has 1 aliphatic rings. The molecule has 0 bridgehead atoms. The van der Waals surface area contributed by atoms with Crippen molar-refractivity contribution in [3.8, 4) is 0 Å². The molecule has 0 saturated carbocycles. The van der Waals surface area contributed by atoms with Gasteiger partial charge < -0.3 is 0 Å². The van der Waals surface area contributed by atoms with E-state index in [9.17, 15) is 0 Å². The number of fused-ring (bicyclic) bond motifs is 1. The smallest absolute Gasteiger partial charge is 0.0435 e. The van der Waals surface area contributed by atoms with E-state index < -0.39 is 0 Å². The first kappa shape index (κ1) is 16.1. The van der Waals surface area contributed by atoms with E-state index >= 15 is 0 Å². The maximum absolute atomic E-state index is 6.14. The standard InChI is InChI=1S/C18H19Cl.C2H6/c1-12-7-9-16(17-6-4-3-5-15(12)17)14-8-10-18(19)13(2)11-14;1-2/h3-6,8,10-12,16H,7,9H2,1-2H3;1-2H3. The van der Waals surface area contributed by atoms with Crippen molar-refractivity contribution in [1.29, 1.82) is 0 Å². The van der Waals surface area contributed by atoms with Crippen LogP contribution in [-0.4, -0.2) is 0 Å². The molecule has 0 saturated heterocycles. The summed E-state index contributed by atoms with van der Waals surface area (Å²) < 4.78 is 0. The van der Waals surface area contributed by atoms with Crippen LogP contribution in [0.2, 0.25) is 5.02 Å². The zero-order valence-corrected chi connectivity index (χ0v) is 14.2. The molecule has 112 valence electrons. The molecule has 0 radical (unpaired) electrons. The summed E-state index contributed by atoms with van der Waals surface area (Å²) in [5, 5.41) is 0.862. The van der Waals surface area contributed by atoms with E-state index in [-0.39, 0.29) is 0 Å². The Hall–Kier alpha value is -1.27. The number of rotatable bonds is 1. The Bertz CT molecular complexity index is 601. The summed E-state index contributed by atoms with van der Waals surface area (Å²) in [5.41, 5.74) is 5.60. The highest BCUT2D eigenvalue weighted by molar-refractivity contribution is 6.31. The predicted molar refractivity (Wildman–Crippen MR) is 93.5 cm³/mol. The summed E-state index contributed by atoms with van der Waals surface area (Å²) in [6, 6.07) is 15.4. The normalized spacial score (nSPS) is 20.2. The summed E-state index contributed by atoms with van der Waals surface area (Å²) in [5.74, 6) is 1.21. The molecular weight excluding hydrogens is 276 g/mol. The van der Waals surface area contributed by atoms with Gasteiger partial charge in [-0.2, -0.15) is 0 Å². The van der Waals surface area contributed by atoms with Crippen LogP contribution in [0.3, 0.4) is 0 Å². The lowest BCUT2D eigenvalue weighted by molar-refractivity contribution is 0.545. The van der Waals surface area contributed by atoms with Crippen molar-refractivity contribution in [3.63, 3.8) is 0 Å². The minimum atomic E-state index is 0.531. The van der Waals surface area contributed by atoms with Crippen molar-refractivity contribution in [3.05, 3.63) is 69.7 Å². The van der Waals surface area contributed by atoms with Gasteiger partial charge in [-0.05, 0) is 54.0 Å². The maximum Gasteiger partial charge on any atom is 0.0435 e. The van der Waals surface area contributed by atoms with Crippen LogP contribution in [0.4, 0.5) is 0 Å². The average Bonchev–Trinajstić information content (AvgIpc) is 2.53. The summed E-state index contributed by atoms with van der Waals surface area (Å²) in [6.45, 7) is 8.42. The lowest BCUT2D eigenvalue weighted by Gasteiger charge is -2.30. The molecule has 1 aliphatic carbocycles. The Morgan fingerprint density at radius 2 is 1.62 bits per heavy atom. The highest BCUT2D eigenvalue weighted by Gasteiger charge is 2.25. The molecule has 0 spiro atoms. The number of hydrogen-bond donors (Lipinski definition) is 0. The van der Waals surface area contributed by atoms with Crippen LogP contribution in [0.5, 0.6) is 0 Å². The van der Waals surface area contributed by atoms with Gasteiger partial charge in [0.05, 0.1) is 0 Å². The van der Waals surface area contributed by atoms with E-state index in [0.29, 0.717) is 11.8 Å². The van der Waals surface area contributed by atoms with Crippen molar-refractivity contribution in [1.82, 2.24) is 0 Å². The van der Waals surface area contributed by atoms with Gasteiger partial charge >= 0.3 is 0 Å². The highest BCUT2D eigenvalue weighted by atomic mass is 35.5. The fraction of sp³-hybridized carbons (Fsp3) is 0.400. The molecule has 21 heavy (non-hydrogen) atoms. The molecule has 2 atom stereocenters. The number of aryl methyl sites for hydroxylation is 1. The summed E-state index contributed by atoms with van der Waals surface area (Å²) >= 11 is 6.14. The molecule has 1 heteroatoms. The summed E-state index contributed by atoms with van der Waals surface area (Å²) in [6.07, 6.45) is 2.50. The fourth-order valence-electron chi connectivity index (χ4n) is 3.24.